The molecule has 7 heteroatoms. The van der Waals surface area contributed by atoms with Gasteiger partial charge in [-0.25, -0.2) is 4.79 Å². The first-order chi connectivity index (χ1) is 13.0. The van der Waals surface area contributed by atoms with Crippen LogP contribution < -0.4 is 0 Å². The monoisotopic (exact) mass is 390 g/mol. The van der Waals surface area contributed by atoms with E-state index in [0.717, 1.165) is 0 Å². The van der Waals surface area contributed by atoms with E-state index in [1.165, 1.54) is 6.92 Å². The minimum atomic E-state index is -1.06. The second kappa shape index (κ2) is 8.54. The van der Waals surface area contributed by atoms with Gasteiger partial charge in [-0.3, -0.25) is 14.4 Å². The van der Waals surface area contributed by atoms with E-state index in [1.54, 1.807) is 25.1 Å². The van der Waals surface area contributed by atoms with Gasteiger partial charge < -0.3 is 14.2 Å². The van der Waals surface area contributed by atoms with Gasteiger partial charge in [0, 0.05) is 24.3 Å². The molecule has 0 fully saturated rings. The third-order valence-electron chi connectivity index (χ3n) is 4.47. The van der Waals surface area contributed by atoms with E-state index in [1.807, 2.05) is 20.8 Å². The topological polar surface area (TPSA) is 96.0 Å². The summed E-state index contributed by atoms with van der Waals surface area (Å²) in [6, 6.07) is 5.09. The van der Waals surface area contributed by atoms with Gasteiger partial charge in [0.2, 0.25) is 0 Å². The Balaban J connectivity index is 2.01. The van der Waals surface area contributed by atoms with Crippen LogP contribution in [0.15, 0.2) is 18.2 Å². The summed E-state index contributed by atoms with van der Waals surface area (Å²) >= 11 is 0. The van der Waals surface area contributed by atoms with E-state index >= 15 is 0 Å². The zero-order valence-electron chi connectivity index (χ0n) is 16.9. The van der Waals surface area contributed by atoms with Crippen LogP contribution in [-0.2, 0) is 35.0 Å². The number of carbonyl (C=O) groups excluding carboxylic acids is 4. The van der Waals surface area contributed by atoms with Crippen molar-refractivity contribution in [1.82, 2.24) is 0 Å². The Bertz CT molecular complexity index is 788. The fraction of sp³-hybridized carbons (Fsp3) is 0.524. The highest BCUT2D eigenvalue weighted by molar-refractivity contribution is 5.96. The minimum Gasteiger partial charge on any atom is -0.465 e. The SMILES string of the molecule is CC(=O)OC1OC(=O)c2c(C[C@H](C)C(=O)OCCC(=O)C(C)(C)C)cccc21. The Morgan fingerprint density at radius 2 is 1.89 bits per heavy atom. The van der Waals surface area contributed by atoms with Crippen molar-refractivity contribution >= 4 is 23.7 Å². The van der Waals surface area contributed by atoms with Crippen LogP contribution in [0.25, 0.3) is 0 Å². The molecular formula is C21H26O7. The number of fused-ring (bicyclic) bond motifs is 1. The summed E-state index contributed by atoms with van der Waals surface area (Å²) in [5.41, 5.74) is 0.930. The van der Waals surface area contributed by atoms with E-state index < -0.39 is 35.5 Å². The summed E-state index contributed by atoms with van der Waals surface area (Å²) in [6.07, 6.45) is -0.637. The lowest BCUT2D eigenvalue weighted by molar-refractivity contribution is -0.165. The van der Waals surface area contributed by atoms with Crippen LogP contribution in [0.3, 0.4) is 0 Å². The van der Waals surface area contributed by atoms with Crippen molar-refractivity contribution < 1.29 is 33.4 Å². The lowest BCUT2D eigenvalue weighted by Crippen LogP contribution is -2.24. The van der Waals surface area contributed by atoms with E-state index in [0.29, 0.717) is 16.7 Å². The number of Topliss-reactive ketones (excluding diaryl/α,β-unsaturated/α-hetero) is 1. The number of rotatable bonds is 7. The number of hydrogen-bond acceptors (Lipinski definition) is 7. The fourth-order valence-corrected chi connectivity index (χ4v) is 2.87. The molecule has 2 atom stereocenters. The predicted molar refractivity (Wildman–Crippen MR) is 99.3 cm³/mol. The molecule has 1 unspecified atom stereocenters. The van der Waals surface area contributed by atoms with Crippen molar-refractivity contribution in [3.63, 3.8) is 0 Å². The Morgan fingerprint density at radius 1 is 1.21 bits per heavy atom. The molecule has 152 valence electrons. The number of esters is 3. The first-order valence-electron chi connectivity index (χ1n) is 9.20. The van der Waals surface area contributed by atoms with Gasteiger partial charge >= 0.3 is 17.9 Å². The van der Waals surface area contributed by atoms with Gasteiger partial charge in [-0.2, -0.15) is 0 Å². The van der Waals surface area contributed by atoms with Gasteiger partial charge in [0.1, 0.15) is 5.78 Å². The van der Waals surface area contributed by atoms with Crippen molar-refractivity contribution in [1.29, 1.82) is 0 Å². The van der Waals surface area contributed by atoms with E-state index in [2.05, 4.69) is 0 Å². The lowest BCUT2D eigenvalue weighted by Gasteiger charge is -2.17. The van der Waals surface area contributed by atoms with Crippen LogP contribution in [0.5, 0.6) is 0 Å². The quantitative estimate of drug-likeness (QED) is 0.660. The van der Waals surface area contributed by atoms with Gasteiger partial charge in [0.05, 0.1) is 18.1 Å². The molecule has 0 saturated heterocycles. The highest BCUT2D eigenvalue weighted by atomic mass is 16.7. The van der Waals surface area contributed by atoms with Crippen molar-refractivity contribution in [3.8, 4) is 0 Å². The van der Waals surface area contributed by atoms with E-state index in [-0.39, 0.29) is 25.2 Å². The normalized spacial score (nSPS) is 16.8. The van der Waals surface area contributed by atoms with E-state index in [4.69, 9.17) is 14.2 Å². The standard InChI is InChI=1S/C21H26O7/c1-12(18(24)26-10-9-16(23)21(3,4)5)11-14-7-6-8-15-17(14)19(25)28-20(15)27-13(2)22/h6-8,12,20H,9-11H2,1-5H3/t12-,20?/m0/s1. The molecule has 7 nitrogen and oxygen atoms in total. The number of ketones is 1. The molecule has 0 amide bonds. The summed E-state index contributed by atoms with van der Waals surface area (Å²) in [5.74, 6) is -2.09. The zero-order valence-corrected chi connectivity index (χ0v) is 16.9. The Labute approximate surface area is 164 Å². The summed E-state index contributed by atoms with van der Waals surface area (Å²) in [6.45, 7) is 8.41. The molecule has 0 aromatic heterocycles. The summed E-state index contributed by atoms with van der Waals surface area (Å²) < 4.78 is 15.3. The molecule has 1 aliphatic rings. The van der Waals surface area contributed by atoms with Crippen molar-refractivity contribution in [3.05, 3.63) is 34.9 Å². The number of benzene rings is 1. The fourth-order valence-electron chi connectivity index (χ4n) is 2.87. The number of carbonyl (C=O) groups is 4. The maximum Gasteiger partial charge on any atom is 0.342 e. The number of ether oxygens (including phenoxy) is 3. The Hall–Kier alpha value is -2.70. The lowest BCUT2D eigenvalue weighted by atomic mass is 9.89. The molecule has 0 saturated carbocycles. The largest absolute Gasteiger partial charge is 0.465 e. The molecule has 1 aliphatic heterocycles. The molecular weight excluding hydrogens is 364 g/mol. The average molecular weight is 390 g/mol. The Morgan fingerprint density at radius 3 is 2.50 bits per heavy atom. The Kier molecular flexibility index (Phi) is 6.59. The molecule has 2 rings (SSSR count). The zero-order chi connectivity index (χ0) is 21.1. The minimum absolute atomic E-state index is 0.0214. The molecule has 1 aromatic rings. The molecule has 0 bridgehead atoms. The third-order valence-corrected chi connectivity index (χ3v) is 4.47. The predicted octanol–water partition coefficient (Wildman–Crippen LogP) is 3.15. The van der Waals surface area contributed by atoms with Gasteiger partial charge in [-0.1, -0.05) is 45.9 Å². The maximum atomic E-state index is 12.3. The van der Waals surface area contributed by atoms with Gasteiger partial charge in [-0.15, -0.1) is 0 Å². The molecule has 0 radical (unpaired) electrons. The summed E-state index contributed by atoms with van der Waals surface area (Å²) in [7, 11) is 0. The van der Waals surface area contributed by atoms with Crippen LogP contribution in [-0.4, -0.2) is 30.3 Å². The van der Waals surface area contributed by atoms with Crippen LogP contribution in [0.1, 0.15) is 68.8 Å². The van der Waals surface area contributed by atoms with E-state index in [9.17, 15) is 19.2 Å². The van der Waals surface area contributed by atoms with Crippen molar-refractivity contribution in [2.45, 2.75) is 53.8 Å². The highest BCUT2D eigenvalue weighted by Crippen LogP contribution is 2.34. The first kappa shape index (κ1) is 21.6. The maximum absolute atomic E-state index is 12.3. The van der Waals surface area contributed by atoms with Gasteiger partial charge in [0.25, 0.3) is 6.29 Å². The molecule has 1 aromatic carbocycles. The summed E-state index contributed by atoms with van der Waals surface area (Å²) in [5, 5.41) is 0. The molecule has 0 aliphatic carbocycles. The number of cyclic esters (lactones) is 1. The third kappa shape index (κ3) is 5.18. The van der Waals surface area contributed by atoms with Crippen LogP contribution >= 0.6 is 0 Å². The van der Waals surface area contributed by atoms with Gasteiger partial charge in [-0.05, 0) is 12.0 Å². The molecule has 0 spiro atoms. The highest BCUT2D eigenvalue weighted by Gasteiger charge is 2.35. The van der Waals surface area contributed by atoms with Crippen molar-refractivity contribution in [2.24, 2.45) is 11.3 Å². The number of hydrogen-bond donors (Lipinski definition) is 0. The first-order valence-corrected chi connectivity index (χ1v) is 9.20. The van der Waals surface area contributed by atoms with Crippen LogP contribution in [0.4, 0.5) is 0 Å². The second-order valence-electron chi connectivity index (χ2n) is 7.92. The molecule has 1 heterocycles. The smallest absolute Gasteiger partial charge is 0.342 e. The average Bonchev–Trinajstić information content (AvgIpc) is 2.90. The van der Waals surface area contributed by atoms with Gasteiger partial charge in [0.15, 0.2) is 0 Å². The second-order valence-corrected chi connectivity index (χ2v) is 7.92. The molecule has 0 N–H and O–H groups in total. The molecule has 28 heavy (non-hydrogen) atoms. The van der Waals surface area contributed by atoms with Crippen molar-refractivity contribution in [2.75, 3.05) is 6.61 Å². The summed E-state index contributed by atoms with van der Waals surface area (Å²) in [4.78, 5) is 47.5. The van der Waals surface area contributed by atoms with Crippen LogP contribution in [0.2, 0.25) is 0 Å². The van der Waals surface area contributed by atoms with Crippen LogP contribution in [0, 0.1) is 11.3 Å².